The van der Waals surface area contributed by atoms with Gasteiger partial charge in [-0.05, 0) is 36.4 Å². The number of rotatable bonds is 6. The highest BCUT2D eigenvalue weighted by atomic mass is 19.1. The molecule has 0 aliphatic heterocycles. The van der Waals surface area contributed by atoms with Crippen LogP contribution in [0.4, 0.5) is 10.2 Å². The van der Waals surface area contributed by atoms with Crippen LogP contribution in [-0.2, 0) is 0 Å². The number of halogens is 1. The molecule has 0 aliphatic rings. The second kappa shape index (κ2) is 8.22. The number of nitrogens with zero attached hydrogens (tertiary/aromatic N) is 4. The first-order valence-electron chi connectivity index (χ1n) is 8.18. The second-order valence-corrected chi connectivity index (χ2v) is 5.59. The Kier molecular flexibility index (Phi) is 5.56. The van der Waals surface area contributed by atoms with Crippen molar-refractivity contribution < 1.29 is 18.6 Å². The van der Waals surface area contributed by atoms with Crippen LogP contribution in [0.5, 0.6) is 17.2 Å². The van der Waals surface area contributed by atoms with Crippen molar-refractivity contribution in [1.82, 2.24) is 9.55 Å². The van der Waals surface area contributed by atoms with Gasteiger partial charge < -0.3 is 14.2 Å². The molecule has 0 bridgehead atoms. The van der Waals surface area contributed by atoms with E-state index in [1.54, 1.807) is 35.0 Å². The van der Waals surface area contributed by atoms with E-state index in [-0.39, 0.29) is 11.5 Å². The Hall–Kier alpha value is -3.86. The summed E-state index contributed by atoms with van der Waals surface area (Å²) < 4.78 is 30.8. The number of nitriles is 1. The Morgan fingerprint density at radius 1 is 1.07 bits per heavy atom. The molecule has 0 saturated heterocycles. The van der Waals surface area contributed by atoms with Gasteiger partial charge in [0, 0.05) is 17.5 Å². The molecule has 0 amide bonds. The summed E-state index contributed by atoms with van der Waals surface area (Å²) in [5.74, 6) is 1.40. The van der Waals surface area contributed by atoms with E-state index < -0.39 is 0 Å². The number of ether oxygens (including phenoxy) is 3. The quantitative estimate of drug-likeness (QED) is 0.610. The molecule has 3 rings (SSSR count). The van der Waals surface area contributed by atoms with Crippen molar-refractivity contribution in [3.8, 4) is 29.0 Å². The van der Waals surface area contributed by atoms with E-state index in [1.165, 1.54) is 39.8 Å². The number of methoxy groups -OCH3 is 3. The van der Waals surface area contributed by atoms with E-state index in [0.717, 1.165) is 0 Å². The zero-order valence-electron chi connectivity index (χ0n) is 15.5. The molecule has 8 heteroatoms. The van der Waals surface area contributed by atoms with Crippen molar-refractivity contribution in [2.75, 3.05) is 21.3 Å². The summed E-state index contributed by atoms with van der Waals surface area (Å²) in [6, 6.07) is 11.3. The molecule has 0 N–H and O–H groups in total. The molecular weight excluding hydrogens is 363 g/mol. The molecule has 0 atom stereocenters. The number of aliphatic imine (C=N–C) groups is 1. The Bertz CT molecular complexity index is 1030. The highest BCUT2D eigenvalue weighted by molar-refractivity contribution is 5.84. The van der Waals surface area contributed by atoms with Gasteiger partial charge in [-0.2, -0.15) is 5.26 Å². The van der Waals surface area contributed by atoms with Crippen molar-refractivity contribution in [2.45, 2.75) is 0 Å². The number of aromatic nitrogens is 2. The van der Waals surface area contributed by atoms with Gasteiger partial charge >= 0.3 is 0 Å². The molecule has 3 aromatic rings. The normalized spacial score (nSPS) is 10.7. The molecule has 7 nitrogen and oxygen atoms in total. The molecule has 0 aliphatic carbocycles. The maximum absolute atomic E-state index is 13.2. The largest absolute Gasteiger partial charge is 0.493 e. The lowest BCUT2D eigenvalue weighted by molar-refractivity contribution is 0.324. The van der Waals surface area contributed by atoms with Crippen LogP contribution in [0.2, 0.25) is 0 Å². The summed E-state index contributed by atoms with van der Waals surface area (Å²) in [6.07, 6.45) is 3.02. The number of imidazole rings is 1. The van der Waals surface area contributed by atoms with E-state index in [9.17, 15) is 9.65 Å². The lowest BCUT2D eigenvalue weighted by atomic mass is 10.2. The predicted octanol–water partition coefficient (Wildman–Crippen LogP) is 3.66. The van der Waals surface area contributed by atoms with E-state index in [1.807, 2.05) is 6.07 Å². The third-order valence-corrected chi connectivity index (χ3v) is 3.98. The lowest BCUT2D eigenvalue weighted by Gasteiger charge is -2.12. The molecule has 1 aromatic heterocycles. The van der Waals surface area contributed by atoms with Gasteiger partial charge in [-0.3, -0.25) is 4.57 Å². The van der Waals surface area contributed by atoms with Gasteiger partial charge in [-0.25, -0.2) is 14.4 Å². The molecule has 0 fully saturated rings. The van der Waals surface area contributed by atoms with Crippen molar-refractivity contribution >= 4 is 12.0 Å². The Morgan fingerprint density at radius 3 is 2.25 bits per heavy atom. The van der Waals surface area contributed by atoms with Crippen molar-refractivity contribution in [3.63, 3.8) is 0 Å². The average molecular weight is 380 g/mol. The molecule has 0 spiro atoms. The molecule has 2 aromatic carbocycles. The maximum atomic E-state index is 13.2. The highest BCUT2D eigenvalue weighted by Gasteiger charge is 2.14. The summed E-state index contributed by atoms with van der Waals surface area (Å²) in [5.41, 5.74) is 1.45. The minimum absolute atomic E-state index is 0.146. The minimum Gasteiger partial charge on any atom is -0.493 e. The number of hydrogen-bond donors (Lipinski definition) is 0. The van der Waals surface area contributed by atoms with E-state index in [2.05, 4.69) is 9.98 Å². The fraction of sp³-hybridized carbons (Fsp3) is 0.150. The SMILES string of the molecule is COc1cc(C=Nc2c(C#N)ncn2-c2ccc(F)cc2)cc(OC)c1OC. The number of benzene rings is 2. The zero-order valence-corrected chi connectivity index (χ0v) is 15.5. The predicted molar refractivity (Wildman–Crippen MR) is 102 cm³/mol. The van der Waals surface area contributed by atoms with Gasteiger partial charge in [0.25, 0.3) is 0 Å². The minimum atomic E-state index is -0.355. The summed E-state index contributed by atoms with van der Waals surface area (Å²) >= 11 is 0. The molecular formula is C20H17FN4O3. The van der Waals surface area contributed by atoms with Crippen molar-refractivity contribution in [2.24, 2.45) is 4.99 Å². The van der Waals surface area contributed by atoms with Gasteiger partial charge in [-0.1, -0.05) is 0 Å². The summed E-state index contributed by atoms with van der Waals surface area (Å²) in [4.78, 5) is 8.49. The molecule has 0 unspecified atom stereocenters. The van der Waals surface area contributed by atoms with Gasteiger partial charge in [0.2, 0.25) is 5.75 Å². The van der Waals surface area contributed by atoms with E-state index in [4.69, 9.17) is 14.2 Å². The molecule has 0 saturated carbocycles. The topological polar surface area (TPSA) is 81.7 Å². The van der Waals surface area contributed by atoms with Crippen LogP contribution in [0, 0.1) is 17.1 Å². The first kappa shape index (κ1) is 18.9. The number of hydrogen-bond acceptors (Lipinski definition) is 6. The smallest absolute Gasteiger partial charge is 0.203 e. The fourth-order valence-corrected chi connectivity index (χ4v) is 2.65. The third kappa shape index (κ3) is 3.64. The standard InChI is InChI=1S/C20H17FN4O3/c1-26-17-8-13(9-18(27-2)19(17)28-3)11-23-20-16(10-22)24-12-25(20)15-6-4-14(21)5-7-15/h4-9,11-12H,1-3H3. The monoisotopic (exact) mass is 380 g/mol. The van der Waals surface area contributed by atoms with Crippen LogP contribution >= 0.6 is 0 Å². The van der Waals surface area contributed by atoms with Crippen LogP contribution in [0.1, 0.15) is 11.3 Å². The molecule has 0 radical (unpaired) electrons. The van der Waals surface area contributed by atoms with Crippen molar-refractivity contribution in [3.05, 3.63) is 59.8 Å². The van der Waals surface area contributed by atoms with Gasteiger partial charge in [-0.15, -0.1) is 0 Å². The Morgan fingerprint density at radius 2 is 1.71 bits per heavy atom. The zero-order chi connectivity index (χ0) is 20.1. The van der Waals surface area contributed by atoms with E-state index in [0.29, 0.717) is 34.3 Å². The summed E-state index contributed by atoms with van der Waals surface area (Å²) in [5, 5.41) is 9.34. The maximum Gasteiger partial charge on any atom is 0.203 e. The van der Waals surface area contributed by atoms with Gasteiger partial charge in [0.05, 0.1) is 21.3 Å². The first-order valence-corrected chi connectivity index (χ1v) is 8.18. The lowest BCUT2D eigenvalue weighted by Crippen LogP contribution is -1.97. The van der Waals surface area contributed by atoms with Crippen LogP contribution in [0.15, 0.2) is 47.7 Å². The third-order valence-electron chi connectivity index (χ3n) is 3.98. The Labute approximate surface area is 161 Å². The summed E-state index contributed by atoms with van der Waals surface area (Å²) in [6.45, 7) is 0. The highest BCUT2D eigenvalue weighted by Crippen LogP contribution is 2.38. The van der Waals surface area contributed by atoms with Crippen LogP contribution in [-0.4, -0.2) is 37.1 Å². The van der Waals surface area contributed by atoms with Crippen molar-refractivity contribution in [1.29, 1.82) is 5.26 Å². The van der Waals surface area contributed by atoms with Crippen LogP contribution in [0.3, 0.4) is 0 Å². The summed E-state index contributed by atoms with van der Waals surface area (Å²) in [7, 11) is 4.57. The van der Waals surface area contributed by atoms with Crippen LogP contribution in [0.25, 0.3) is 5.69 Å². The fourth-order valence-electron chi connectivity index (χ4n) is 2.65. The molecule has 142 valence electrons. The molecule has 28 heavy (non-hydrogen) atoms. The van der Waals surface area contributed by atoms with E-state index >= 15 is 0 Å². The Balaban J connectivity index is 2.04. The van der Waals surface area contributed by atoms with Gasteiger partial charge in [0.1, 0.15) is 18.2 Å². The van der Waals surface area contributed by atoms with Crippen LogP contribution < -0.4 is 14.2 Å². The molecule has 1 heterocycles. The average Bonchev–Trinajstić information content (AvgIpc) is 3.14. The second-order valence-electron chi connectivity index (χ2n) is 5.59. The first-order chi connectivity index (χ1) is 13.6. The van der Waals surface area contributed by atoms with Gasteiger partial charge in [0.15, 0.2) is 23.0 Å².